The van der Waals surface area contributed by atoms with Crippen molar-refractivity contribution in [2.45, 2.75) is 32.2 Å². The molecule has 1 aliphatic rings. The molecule has 0 aromatic heterocycles. The van der Waals surface area contributed by atoms with Gasteiger partial charge in [-0.3, -0.25) is 4.79 Å². The van der Waals surface area contributed by atoms with Crippen molar-refractivity contribution in [2.24, 2.45) is 5.73 Å². The van der Waals surface area contributed by atoms with Crippen LogP contribution in [0.4, 0.5) is 11.4 Å². The third-order valence-electron chi connectivity index (χ3n) is 3.42. The van der Waals surface area contributed by atoms with E-state index < -0.39 is 0 Å². The third kappa shape index (κ3) is 2.35. The molecule has 0 spiro atoms. The van der Waals surface area contributed by atoms with Gasteiger partial charge in [-0.25, -0.2) is 0 Å². The minimum absolute atomic E-state index is 0.174. The zero-order valence-corrected chi connectivity index (χ0v) is 10.1. The van der Waals surface area contributed by atoms with E-state index in [1.54, 1.807) is 0 Å². The van der Waals surface area contributed by atoms with Crippen molar-refractivity contribution in [1.82, 2.24) is 0 Å². The number of nitrogens with two attached hydrogens (primary N) is 2. The van der Waals surface area contributed by atoms with Gasteiger partial charge in [-0.2, -0.15) is 0 Å². The number of aryl methyl sites for hydroxylation is 1. The lowest BCUT2D eigenvalue weighted by Gasteiger charge is -2.35. The van der Waals surface area contributed by atoms with E-state index in [0.29, 0.717) is 0 Å². The molecule has 0 radical (unpaired) electrons. The third-order valence-corrected chi connectivity index (χ3v) is 3.42. The Bertz CT molecular complexity index is 431. The Kier molecular flexibility index (Phi) is 3.22. The quantitative estimate of drug-likeness (QED) is 0.759. The van der Waals surface area contributed by atoms with E-state index >= 15 is 0 Å². The monoisotopic (exact) mass is 233 g/mol. The van der Waals surface area contributed by atoms with Gasteiger partial charge in [0.25, 0.3) is 0 Å². The summed E-state index contributed by atoms with van der Waals surface area (Å²) in [5, 5.41) is 0. The predicted molar refractivity (Wildman–Crippen MR) is 69.8 cm³/mol. The molecule has 1 heterocycles. The molecule has 1 atom stereocenters. The fourth-order valence-electron chi connectivity index (χ4n) is 2.37. The molecule has 1 aliphatic heterocycles. The molecular formula is C13H19N3O. The molecule has 1 unspecified atom stereocenters. The first-order valence-electron chi connectivity index (χ1n) is 6.01. The van der Waals surface area contributed by atoms with Gasteiger partial charge < -0.3 is 16.4 Å². The second-order valence-corrected chi connectivity index (χ2v) is 4.65. The smallest absolute Gasteiger partial charge is 0.240 e. The van der Waals surface area contributed by atoms with Gasteiger partial charge in [0.2, 0.25) is 5.91 Å². The van der Waals surface area contributed by atoms with Crippen molar-refractivity contribution in [3.05, 3.63) is 23.8 Å². The molecule has 1 aromatic rings. The number of primary amides is 1. The Balaban J connectivity index is 2.29. The fraction of sp³-hybridized carbons (Fsp3) is 0.462. The van der Waals surface area contributed by atoms with Crippen molar-refractivity contribution >= 4 is 17.3 Å². The maximum atomic E-state index is 11.4. The summed E-state index contributed by atoms with van der Waals surface area (Å²) in [7, 11) is 0. The van der Waals surface area contributed by atoms with Crippen LogP contribution in [0.25, 0.3) is 0 Å². The number of carbonyl (C=O) groups is 1. The summed E-state index contributed by atoms with van der Waals surface area (Å²) in [5.41, 5.74) is 14.1. The molecule has 2 rings (SSSR count). The van der Waals surface area contributed by atoms with E-state index in [1.807, 2.05) is 25.1 Å². The van der Waals surface area contributed by atoms with Crippen molar-refractivity contribution in [2.75, 3.05) is 17.2 Å². The maximum absolute atomic E-state index is 11.4. The summed E-state index contributed by atoms with van der Waals surface area (Å²) >= 11 is 0. The first kappa shape index (κ1) is 11.8. The number of rotatable bonds is 2. The highest BCUT2D eigenvalue weighted by Gasteiger charge is 2.27. The highest BCUT2D eigenvalue weighted by molar-refractivity contribution is 5.84. The second kappa shape index (κ2) is 4.65. The number of carbonyl (C=O) groups excluding carboxylic acids is 1. The Morgan fingerprint density at radius 3 is 2.82 bits per heavy atom. The number of hydrogen-bond acceptors (Lipinski definition) is 3. The van der Waals surface area contributed by atoms with Crippen LogP contribution in [-0.2, 0) is 4.79 Å². The molecule has 4 nitrogen and oxygen atoms in total. The van der Waals surface area contributed by atoms with Crippen molar-refractivity contribution in [3.8, 4) is 0 Å². The Morgan fingerprint density at radius 1 is 1.41 bits per heavy atom. The van der Waals surface area contributed by atoms with Crippen molar-refractivity contribution < 1.29 is 4.79 Å². The molecule has 4 N–H and O–H groups in total. The van der Waals surface area contributed by atoms with Crippen LogP contribution in [0.5, 0.6) is 0 Å². The number of benzene rings is 1. The van der Waals surface area contributed by atoms with E-state index in [-0.39, 0.29) is 11.9 Å². The van der Waals surface area contributed by atoms with E-state index in [4.69, 9.17) is 11.5 Å². The van der Waals surface area contributed by atoms with Gasteiger partial charge in [0, 0.05) is 17.9 Å². The van der Waals surface area contributed by atoms with Crippen LogP contribution in [0.1, 0.15) is 24.8 Å². The van der Waals surface area contributed by atoms with E-state index in [2.05, 4.69) is 4.90 Å². The normalized spacial score (nSPS) is 20.3. The molecule has 0 bridgehead atoms. The maximum Gasteiger partial charge on any atom is 0.240 e. The van der Waals surface area contributed by atoms with Crippen LogP contribution in [-0.4, -0.2) is 18.5 Å². The number of hydrogen-bond donors (Lipinski definition) is 2. The minimum Gasteiger partial charge on any atom is -0.399 e. The van der Waals surface area contributed by atoms with Crippen molar-refractivity contribution in [1.29, 1.82) is 0 Å². The first-order chi connectivity index (χ1) is 8.09. The average molecular weight is 233 g/mol. The number of anilines is 2. The summed E-state index contributed by atoms with van der Waals surface area (Å²) in [6.07, 6.45) is 3.02. The van der Waals surface area contributed by atoms with Gasteiger partial charge in [-0.05, 0) is 49.9 Å². The van der Waals surface area contributed by atoms with Crippen LogP contribution < -0.4 is 16.4 Å². The van der Waals surface area contributed by atoms with Gasteiger partial charge in [0.1, 0.15) is 6.04 Å². The number of amides is 1. The largest absolute Gasteiger partial charge is 0.399 e. The highest BCUT2D eigenvalue weighted by Crippen LogP contribution is 2.27. The lowest BCUT2D eigenvalue weighted by atomic mass is 10.00. The fourth-order valence-corrected chi connectivity index (χ4v) is 2.37. The van der Waals surface area contributed by atoms with Gasteiger partial charge in [-0.1, -0.05) is 0 Å². The number of piperidine rings is 1. The second-order valence-electron chi connectivity index (χ2n) is 4.65. The van der Waals surface area contributed by atoms with Gasteiger partial charge in [0.15, 0.2) is 0 Å². The van der Waals surface area contributed by atoms with Crippen LogP contribution in [0, 0.1) is 6.92 Å². The average Bonchev–Trinajstić information content (AvgIpc) is 2.32. The molecule has 1 saturated heterocycles. The summed E-state index contributed by atoms with van der Waals surface area (Å²) in [5.74, 6) is -0.237. The summed E-state index contributed by atoms with van der Waals surface area (Å²) in [6, 6.07) is 5.70. The molecule has 1 amide bonds. The molecule has 17 heavy (non-hydrogen) atoms. The molecule has 1 fully saturated rings. The Labute approximate surface area is 102 Å². The lowest BCUT2D eigenvalue weighted by Crippen LogP contribution is -2.47. The van der Waals surface area contributed by atoms with Crippen molar-refractivity contribution in [3.63, 3.8) is 0 Å². The zero-order chi connectivity index (χ0) is 12.4. The SMILES string of the molecule is Cc1cc(N2CCCCC2C(N)=O)ccc1N. The minimum atomic E-state index is -0.237. The standard InChI is InChI=1S/C13H19N3O/c1-9-8-10(5-6-11(9)14)16-7-3-2-4-12(16)13(15)17/h5-6,8,12H,2-4,7,14H2,1H3,(H2,15,17). The zero-order valence-electron chi connectivity index (χ0n) is 10.1. The lowest BCUT2D eigenvalue weighted by molar-refractivity contribution is -0.119. The van der Waals surface area contributed by atoms with Crippen LogP contribution in [0.3, 0.4) is 0 Å². The first-order valence-corrected chi connectivity index (χ1v) is 6.01. The summed E-state index contributed by atoms with van der Waals surface area (Å²) in [6.45, 7) is 2.86. The van der Waals surface area contributed by atoms with E-state index in [0.717, 1.165) is 42.7 Å². The van der Waals surface area contributed by atoms with E-state index in [1.165, 1.54) is 0 Å². The molecule has 0 saturated carbocycles. The Hall–Kier alpha value is -1.71. The molecule has 1 aromatic carbocycles. The van der Waals surface area contributed by atoms with Crippen LogP contribution in [0.15, 0.2) is 18.2 Å². The van der Waals surface area contributed by atoms with Gasteiger partial charge >= 0.3 is 0 Å². The van der Waals surface area contributed by atoms with Crippen LogP contribution in [0.2, 0.25) is 0 Å². The van der Waals surface area contributed by atoms with Gasteiger partial charge in [0.05, 0.1) is 0 Å². The number of nitrogen functional groups attached to an aromatic ring is 1. The Morgan fingerprint density at radius 2 is 2.18 bits per heavy atom. The number of nitrogens with zero attached hydrogens (tertiary/aromatic N) is 1. The topological polar surface area (TPSA) is 72.3 Å². The van der Waals surface area contributed by atoms with Gasteiger partial charge in [-0.15, -0.1) is 0 Å². The van der Waals surface area contributed by atoms with E-state index in [9.17, 15) is 4.79 Å². The summed E-state index contributed by atoms with van der Waals surface area (Å²) < 4.78 is 0. The van der Waals surface area contributed by atoms with Crippen LogP contribution >= 0.6 is 0 Å². The molecular weight excluding hydrogens is 214 g/mol. The molecule has 92 valence electrons. The summed E-state index contributed by atoms with van der Waals surface area (Å²) in [4.78, 5) is 13.5. The molecule has 4 heteroatoms. The highest BCUT2D eigenvalue weighted by atomic mass is 16.1. The molecule has 0 aliphatic carbocycles. The predicted octanol–water partition coefficient (Wildman–Crippen LogP) is 1.42.